The normalized spacial score (nSPS) is 12.0. The lowest BCUT2D eigenvalue weighted by molar-refractivity contribution is 1.19. The topological polar surface area (TPSA) is 20.5 Å². The lowest BCUT2D eigenvalue weighted by Crippen LogP contribution is -2.10. The molecule has 0 aliphatic rings. The third kappa shape index (κ3) is 4.24. The lowest BCUT2D eigenvalue weighted by atomic mass is 10.0. The van der Waals surface area contributed by atoms with Crippen molar-refractivity contribution in [2.45, 2.75) is 0 Å². The van der Waals surface area contributed by atoms with Gasteiger partial charge >= 0.3 is 0 Å². The van der Waals surface area contributed by atoms with E-state index in [4.69, 9.17) is 4.98 Å². The fourth-order valence-electron chi connectivity index (χ4n) is 7.58. The molecule has 5 heteroatoms. The molecule has 50 heavy (non-hydrogen) atoms. The molecule has 0 bridgehead atoms. The Bertz CT molecular complexity index is 2920. The molecular formula is C45H27N3S2. The second-order valence-electron chi connectivity index (χ2n) is 12.9. The van der Waals surface area contributed by atoms with E-state index in [0.29, 0.717) is 0 Å². The molecule has 0 atom stereocenters. The summed E-state index contributed by atoms with van der Waals surface area (Å²) in [5.41, 5.74) is 6.35. The number of imidazole rings is 1. The van der Waals surface area contributed by atoms with Crippen LogP contribution in [0.3, 0.4) is 0 Å². The van der Waals surface area contributed by atoms with Crippen LogP contribution in [0, 0.1) is 0 Å². The number of hydrogen-bond acceptors (Lipinski definition) is 4. The van der Waals surface area contributed by atoms with E-state index >= 15 is 0 Å². The van der Waals surface area contributed by atoms with Gasteiger partial charge in [0.25, 0.3) is 0 Å². The average molecular weight is 674 g/mol. The van der Waals surface area contributed by atoms with Crippen LogP contribution in [0.5, 0.6) is 0 Å². The van der Waals surface area contributed by atoms with Crippen LogP contribution in [0.2, 0.25) is 0 Å². The van der Waals surface area contributed by atoms with E-state index in [-0.39, 0.29) is 0 Å². The van der Waals surface area contributed by atoms with Crippen molar-refractivity contribution >= 4 is 107 Å². The fraction of sp³-hybridized carbons (Fsp3) is 0. The summed E-state index contributed by atoms with van der Waals surface area (Å²) in [5, 5.41) is 10.4. The summed E-state index contributed by atoms with van der Waals surface area (Å²) < 4.78 is 7.42. The second kappa shape index (κ2) is 10.7. The molecular weight excluding hydrogens is 647 g/mol. The maximum absolute atomic E-state index is 4.87. The lowest BCUT2D eigenvalue weighted by Gasteiger charge is -2.26. The van der Waals surface area contributed by atoms with Gasteiger partial charge in [-0.15, -0.1) is 22.7 Å². The highest BCUT2D eigenvalue weighted by atomic mass is 32.1. The molecule has 11 rings (SSSR count). The Balaban J connectivity index is 1.08. The summed E-state index contributed by atoms with van der Waals surface area (Å²) >= 11 is 3.76. The molecule has 0 spiro atoms. The number of benzene rings is 7. The first-order valence-electron chi connectivity index (χ1n) is 16.8. The largest absolute Gasteiger partial charge is 0.310 e. The van der Waals surface area contributed by atoms with Crippen molar-refractivity contribution in [2.24, 2.45) is 0 Å². The Morgan fingerprint density at radius 2 is 1.00 bits per heavy atom. The molecule has 0 unspecified atom stereocenters. The van der Waals surface area contributed by atoms with Crippen LogP contribution in [0.25, 0.3) is 78.8 Å². The molecule has 0 aliphatic heterocycles. The van der Waals surface area contributed by atoms with Gasteiger partial charge in [0.1, 0.15) is 5.65 Å². The molecule has 4 aromatic heterocycles. The summed E-state index contributed by atoms with van der Waals surface area (Å²) in [6.07, 6.45) is 4.14. The van der Waals surface area contributed by atoms with Crippen LogP contribution >= 0.6 is 22.7 Å². The number of nitrogens with zero attached hydrogens (tertiary/aromatic N) is 3. The van der Waals surface area contributed by atoms with Gasteiger partial charge in [0.05, 0.1) is 5.69 Å². The molecule has 0 aliphatic carbocycles. The minimum Gasteiger partial charge on any atom is -0.310 e. The Morgan fingerprint density at radius 1 is 0.460 bits per heavy atom. The number of rotatable bonds is 4. The Kier molecular flexibility index (Phi) is 5.99. The van der Waals surface area contributed by atoms with Gasteiger partial charge < -0.3 is 9.30 Å². The number of thiophene rings is 2. The smallest absolute Gasteiger partial charge is 0.137 e. The minimum absolute atomic E-state index is 0.945. The molecule has 0 radical (unpaired) electrons. The van der Waals surface area contributed by atoms with E-state index in [1.165, 1.54) is 61.9 Å². The van der Waals surface area contributed by atoms with Crippen LogP contribution in [-0.2, 0) is 0 Å². The number of pyridine rings is 1. The monoisotopic (exact) mass is 673 g/mol. The van der Waals surface area contributed by atoms with Gasteiger partial charge in [-0.05, 0) is 82.2 Å². The first kappa shape index (κ1) is 27.9. The summed E-state index contributed by atoms with van der Waals surface area (Å²) in [6.45, 7) is 0. The van der Waals surface area contributed by atoms with Gasteiger partial charge in [0.2, 0.25) is 0 Å². The number of fused-ring (bicyclic) bond motifs is 11. The third-order valence-electron chi connectivity index (χ3n) is 9.99. The second-order valence-corrected chi connectivity index (χ2v) is 15.0. The van der Waals surface area contributed by atoms with Crippen molar-refractivity contribution in [3.8, 4) is 11.3 Å². The number of anilines is 3. The maximum atomic E-state index is 4.87. The molecule has 0 saturated carbocycles. The zero-order chi connectivity index (χ0) is 32.8. The number of hydrogen-bond donors (Lipinski definition) is 0. The van der Waals surface area contributed by atoms with Crippen LogP contribution in [0.1, 0.15) is 0 Å². The molecule has 0 amide bonds. The first-order valence-corrected chi connectivity index (χ1v) is 18.4. The van der Waals surface area contributed by atoms with Gasteiger partial charge in [-0.1, -0.05) is 91.0 Å². The van der Waals surface area contributed by atoms with Crippen molar-refractivity contribution < 1.29 is 0 Å². The highest BCUT2D eigenvalue weighted by molar-refractivity contribution is 7.27. The molecule has 0 saturated heterocycles. The molecule has 4 heterocycles. The predicted molar refractivity (Wildman–Crippen MR) is 216 cm³/mol. The van der Waals surface area contributed by atoms with Crippen molar-refractivity contribution in [1.82, 2.24) is 9.38 Å². The van der Waals surface area contributed by atoms with Crippen LogP contribution in [0.4, 0.5) is 17.1 Å². The number of aromatic nitrogens is 2. The van der Waals surface area contributed by atoms with Crippen LogP contribution in [-0.4, -0.2) is 9.38 Å². The van der Waals surface area contributed by atoms with Crippen molar-refractivity contribution in [3.63, 3.8) is 0 Å². The predicted octanol–water partition coefficient (Wildman–Crippen LogP) is 13.5. The van der Waals surface area contributed by atoms with E-state index in [0.717, 1.165) is 34.0 Å². The van der Waals surface area contributed by atoms with Gasteiger partial charge in [0, 0.05) is 75.4 Å². The summed E-state index contributed by atoms with van der Waals surface area (Å²) in [6, 6.07) is 55.4. The molecule has 11 aromatic rings. The van der Waals surface area contributed by atoms with Gasteiger partial charge in [-0.3, -0.25) is 0 Å². The third-order valence-corrected chi connectivity index (χ3v) is 12.4. The van der Waals surface area contributed by atoms with Crippen LogP contribution in [0.15, 0.2) is 164 Å². The molecule has 0 N–H and O–H groups in total. The van der Waals surface area contributed by atoms with Gasteiger partial charge in [-0.2, -0.15) is 0 Å². The van der Waals surface area contributed by atoms with E-state index in [9.17, 15) is 0 Å². The van der Waals surface area contributed by atoms with Crippen molar-refractivity contribution in [1.29, 1.82) is 0 Å². The highest BCUT2D eigenvalue weighted by Crippen LogP contribution is 2.44. The summed E-state index contributed by atoms with van der Waals surface area (Å²) in [4.78, 5) is 7.26. The fourth-order valence-corrected chi connectivity index (χ4v) is 10.1. The van der Waals surface area contributed by atoms with E-state index < -0.39 is 0 Å². The zero-order valence-corrected chi connectivity index (χ0v) is 28.4. The van der Waals surface area contributed by atoms with Gasteiger partial charge in [-0.25, -0.2) is 4.98 Å². The zero-order valence-electron chi connectivity index (χ0n) is 26.7. The molecule has 0 fully saturated rings. The minimum atomic E-state index is 0.945. The van der Waals surface area contributed by atoms with Crippen molar-refractivity contribution in [3.05, 3.63) is 164 Å². The van der Waals surface area contributed by atoms with Gasteiger partial charge in [0.15, 0.2) is 0 Å². The van der Waals surface area contributed by atoms with Crippen LogP contribution < -0.4 is 4.90 Å². The Labute approximate surface area is 295 Å². The SMILES string of the molecule is c1ccc2c(c1)sc1c3ccc(N(c4ccc(-c5cn6ccccc6n5)cc4)c4ccc5c(ccc6c7ccccc7sc56)c4)cc3ccc21. The Morgan fingerprint density at radius 3 is 1.60 bits per heavy atom. The standard InChI is InChI=1S/C45H27N3S2/c1-3-9-41-36(7-1)38-20-14-29-25-32(18-22-34(29)44(38)49-41)48(31-16-12-28(13-17-31)40-27-47-24-6-5-11-43(47)46-40)33-19-23-35-30(26-33)15-21-39-37-8-2-4-10-42(37)50-45(35)39/h1-27H. The van der Waals surface area contributed by atoms with E-state index in [1.807, 2.05) is 47.1 Å². The average Bonchev–Trinajstić information content (AvgIpc) is 3.89. The molecule has 234 valence electrons. The highest BCUT2D eigenvalue weighted by Gasteiger charge is 2.17. The summed E-state index contributed by atoms with van der Waals surface area (Å²) in [7, 11) is 0. The van der Waals surface area contributed by atoms with E-state index in [1.54, 1.807) is 0 Å². The quantitative estimate of drug-likeness (QED) is 0.185. The maximum Gasteiger partial charge on any atom is 0.137 e. The van der Waals surface area contributed by atoms with E-state index in [2.05, 4.69) is 149 Å². The Hall–Kier alpha value is -6.01. The molecule has 7 aromatic carbocycles. The summed E-state index contributed by atoms with van der Waals surface area (Å²) in [5.74, 6) is 0. The first-order chi connectivity index (χ1) is 24.7. The van der Waals surface area contributed by atoms with Crippen molar-refractivity contribution in [2.75, 3.05) is 4.90 Å². The molecule has 3 nitrogen and oxygen atoms in total.